The highest BCUT2D eigenvalue weighted by Crippen LogP contribution is 2.34. The fourth-order valence-corrected chi connectivity index (χ4v) is 3.22. The molecule has 1 aromatic carbocycles. The standard InChI is InChI=1S/C13H17BrN2OS/c14-10-5-2-6-11(12(10)13(15)18)16(7-8-17)9-3-1-4-9/h2,5-6,9,17H,1,3-4,7-8H2,(H2,15,18). The van der Waals surface area contributed by atoms with E-state index < -0.39 is 0 Å². The van der Waals surface area contributed by atoms with Crippen molar-refractivity contribution in [1.82, 2.24) is 0 Å². The van der Waals surface area contributed by atoms with Gasteiger partial charge in [0.15, 0.2) is 0 Å². The second-order valence-corrected chi connectivity index (χ2v) is 5.79. The number of thiocarbonyl (C=S) groups is 1. The zero-order valence-electron chi connectivity index (χ0n) is 10.1. The van der Waals surface area contributed by atoms with Crippen LogP contribution in [-0.2, 0) is 0 Å². The van der Waals surface area contributed by atoms with E-state index in [1.54, 1.807) is 0 Å². The summed E-state index contributed by atoms with van der Waals surface area (Å²) in [5.74, 6) is 0. The van der Waals surface area contributed by atoms with Crippen LogP contribution in [0.3, 0.4) is 0 Å². The third-order valence-corrected chi connectivity index (χ3v) is 4.27. The van der Waals surface area contributed by atoms with Gasteiger partial charge >= 0.3 is 0 Å². The maximum absolute atomic E-state index is 9.25. The van der Waals surface area contributed by atoms with Gasteiger partial charge in [-0.05, 0) is 47.3 Å². The summed E-state index contributed by atoms with van der Waals surface area (Å²) in [6, 6.07) is 6.44. The van der Waals surface area contributed by atoms with Crippen LogP contribution in [0.1, 0.15) is 24.8 Å². The van der Waals surface area contributed by atoms with Crippen molar-refractivity contribution in [3.8, 4) is 0 Å². The Labute approximate surface area is 121 Å². The number of hydrogen-bond acceptors (Lipinski definition) is 3. The Morgan fingerprint density at radius 1 is 1.50 bits per heavy atom. The van der Waals surface area contributed by atoms with Crippen LogP contribution in [0.2, 0.25) is 0 Å². The highest BCUT2D eigenvalue weighted by atomic mass is 79.9. The van der Waals surface area contributed by atoms with E-state index in [2.05, 4.69) is 20.8 Å². The first-order valence-electron chi connectivity index (χ1n) is 6.11. The maximum Gasteiger partial charge on any atom is 0.107 e. The summed E-state index contributed by atoms with van der Waals surface area (Å²) in [6.45, 7) is 0.760. The first-order valence-corrected chi connectivity index (χ1v) is 7.31. The maximum atomic E-state index is 9.25. The molecule has 0 saturated heterocycles. The predicted octanol–water partition coefficient (Wildman–Crippen LogP) is 2.43. The largest absolute Gasteiger partial charge is 0.395 e. The van der Waals surface area contributed by atoms with Gasteiger partial charge in [-0.15, -0.1) is 0 Å². The number of nitrogens with zero attached hydrogens (tertiary/aromatic N) is 1. The Bertz CT molecular complexity index is 449. The SMILES string of the molecule is NC(=S)c1c(Br)cccc1N(CCO)C1CCC1. The molecule has 0 amide bonds. The second-order valence-electron chi connectivity index (χ2n) is 4.50. The number of nitrogens with two attached hydrogens (primary N) is 1. The molecule has 18 heavy (non-hydrogen) atoms. The molecule has 98 valence electrons. The van der Waals surface area contributed by atoms with E-state index in [9.17, 15) is 5.11 Å². The summed E-state index contributed by atoms with van der Waals surface area (Å²) in [5, 5.41) is 9.25. The van der Waals surface area contributed by atoms with Gasteiger partial charge in [0.25, 0.3) is 0 Å². The molecule has 0 atom stereocenters. The smallest absolute Gasteiger partial charge is 0.107 e. The Morgan fingerprint density at radius 3 is 2.72 bits per heavy atom. The molecule has 0 aliphatic heterocycles. The minimum atomic E-state index is 0.139. The van der Waals surface area contributed by atoms with Gasteiger partial charge in [0, 0.05) is 28.3 Å². The van der Waals surface area contributed by atoms with Crippen LogP contribution in [0.25, 0.3) is 0 Å². The quantitative estimate of drug-likeness (QED) is 0.815. The average molecular weight is 329 g/mol. The number of rotatable bonds is 5. The van der Waals surface area contributed by atoms with E-state index in [1.165, 1.54) is 19.3 Å². The summed E-state index contributed by atoms with van der Waals surface area (Å²) in [5.41, 5.74) is 7.71. The number of hydrogen-bond donors (Lipinski definition) is 2. The molecule has 1 fully saturated rings. The molecular weight excluding hydrogens is 312 g/mol. The zero-order valence-corrected chi connectivity index (χ0v) is 12.5. The lowest BCUT2D eigenvalue weighted by molar-refractivity contribution is 0.283. The lowest BCUT2D eigenvalue weighted by atomic mass is 9.90. The topological polar surface area (TPSA) is 49.5 Å². The monoisotopic (exact) mass is 328 g/mol. The van der Waals surface area contributed by atoms with Crippen LogP contribution >= 0.6 is 28.1 Å². The number of anilines is 1. The first-order chi connectivity index (χ1) is 8.65. The highest BCUT2D eigenvalue weighted by Gasteiger charge is 2.27. The molecule has 3 nitrogen and oxygen atoms in total. The van der Waals surface area contributed by atoms with Crippen molar-refractivity contribution < 1.29 is 5.11 Å². The number of benzene rings is 1. The third kappa shape index (κ3) is 2.68. The van der Waals surface area contributed by atoms with Gasteiger partial charge in [-0.1, -0.05) is 18.3 Å². The van der Waals surface area contributed by atoms with Crippen LogP contribution in [0.4, 0.5) is 5.69 Å². The van der Waals surface area contributed by atoms with Crippen molar-refractivity contribution in [3.05, 3.63) is 28.2 Å². The molecule has 0 radical (unpaired) electrons. The van der Waals surface area contributed by atoms with Gasteiger partial charge in [0.2, 0.25) is 0 Å². The number of halogens is 1. The van der Waals surface area contributed by atoms with Crippen molar-refractivity contribution in [2.24, 2.45) is 5.73 Å². The summed E-state index contributed by atoms with van der Waals surface area (Å²) in [4.78, 5) is 2.61. The van der Waals surface area contributed by atoms with E-state index in [0.29, 0.717) is 17.6 Å². The average Bonchev–Trinajstić information content (AvgIpc) is 2.25. The zero-order chi connectivity index (χ0) is 13.1. The molecule has 1 aromatic rings. The van der Waals surface area contributed by atoms with Gasteiger partial charge in [-0.25, -0.2) is 0 Å². The molecule has 1 saturated carbocycles. The minimum Gasteiger partial charge on any atom is -0.395 e. The van der Waals surface area contributed by atoms with E-state index in [1.807, 2.05) is 18.2 Å². The van der Waals surface area contributed by atoms with E-state index in [-0.39, 0.29) is 6.61 Å². The second kappa shape index (κ2) is 5.99. The van der Waals surface area contributed by atoms with Crippen LogP contribution in [-0.4, -0.2) is 29.3 Å². The Kier molecular flexibility index (Phi) is 4.59. The summed E-state index contributed by atoms with van der Waals surface area (Å²) in [7, 11) is 0. The van der Waals surface area contributed by atoms with Crippen LogP contribution in [0, 0.1) is 0 Å². The van der Waals surface area contributed by atoms with Gasteiger partial charge in [-0.3, -0.25) is 0 Å². The van der Waals surface area contributed by atoms with Crippen molar-refractivity contribution >= 4 is 38.8 Å². The predicted molar refractivity (Wildman–Crippen MR) is 82.1 cm³/mol. The van der Waals surface area contributed by atoms with Crippen molar-refractivity contribution in [2.45, 2.75) is 25.3 Å². The summed E-state index contributed by atoms with van der Waals surface area (Å²) in [6.07, 6.45) is 3.59. The number of aliphatic hydroxyl groups excluding tert-OH is 1. The van der Waals surface area contributed by atoms with Crippen LogP contribution in [0.5, 0.6) is 0 Å². The number of aliphatic hydroxyl groups is 1. The molecule has 1 aliphatic carbocycles. The molecule has 0 heterocycles. The van der Waals surface area contributed by atoms with E-state index in [4.69, 9.17) is 18.0 Å². The first kappa shape index (κ1) is 13.8. The van der Waals surface area contributed by atoms with Gasteiger partial charge in [-0.2, -0.15) is 0 Å². The molecule has 0 spiro atoms. The summed E-state index contributed by atoms with van der Waals surface area (Å²) >= 11 is 8.64. The van der Waals surface area contributed by atoms with Crippen LogP contribution < -0.4 is 10.6 Å². The molecule has 3 N–H and O–H groups in total. The fraction of sp³-hybridized carbons (Fsp3) is 0.462. The normalized spacial score (nSPS) is 15.2. The third-order valence-electron chi connectivity index (χ3n) is 3.40. The molecule has 0 aromatic heterocycles. The van der Waals surface area contributed by atoms with E-state index in [0.717, 1.165) is 15.7 Å². The van der Waals surface area contributed by atoms with Gasteiger partial charge in [0.05, 0.1) is 6.61 Å². The molecular formula is C13H17BrN2OS. The molecule has 0 bridgehead atoms. The molecule has 5 heteroatoms. The lowest BCUT2D eigenvalue weighted by Crippen LogP contribution is -2.43. The van der Waals surface area contributed by atoms with Crippen LogP contribution in [0.15, 0.2) is 22.7 Å². The molecule has 0 unspecified atom stereocenters. The summed E-state index contributed by atoms with van der Waals surface area (Å²) < 4.78 is 0.912. The Balaban J connectivity index is 2.39. The molecule has 1 aliphatic rings. The van der Waals surface area contributed by atoms with Crippen molar-refractivity contribution in [3.63, 3.8) is 0 Å². The van der Waals surface area contributed by atoms with Gasteiger partial charge in [0.1, 0.15) is 4.99 Å². The molecule has 2 rings (SSSR count). The van der Waals surface area contributed by atoms with Gasteiger partial charge < -0.3 is 15.7 Å². The lowest BCUT2D eigenvalue weighted by Gasteiger charge is -2.40. The highest BCUT2D eigenvalue weighted by molar-refractivity contribution is 9.10. The minimum absolute atomic E-state index is 0.139. The Hall–Kier alpha value is -0.650. The fourth-order valence-electron chi connectivity index (χ4n) is 2.30. The Morgan fingerprint density at radius 2 is 2.22 bits per heavy atom. The van der Waals surface area contributed by atoms with E-state index >= 15 is 0 Å². The van der Waals surface area contributed by atoms with Crippen molar-refractivity contribution in [2.75, 3.05) is 18.1 Å². The van der Waals surface area contributed by atoms with Crippen molar-refractivity contribution in [1.29, 1.82) is 0 Å².